The third-order valence-electron chi connectivity index (χ3n) is 3.32. The van der Waals surface area contributed by atoms with Crippen LogP contribution in [-0.4, -0.2) is 19.8 Å². The minimum Gasteiger partial charge on any atom is -0.376 e. The Balaban J connectivity index is 2.32. The van der Waals surface area contributed by atoms with Gasteiger partial charge < -0.3 is 14.9 Å². The number of rotatable bonds is 6. The molecule has 0 fully saturated rings. The summed E-state index contributed by atoms with van der Waals surface area (Å²) in [6, 6.07) is 11.4. The molecule has 0 aliphatic heterocycles. The fourth-order valence-electron chi connectivity index (χ4n) is 2.01. The van der Waals surface area contributed by atoms with Crippen molar-refractivity contribution >= 4 is 25.0 Å². The first-order chi connectivity index (χ1) is 11.2. The van der Waals surface area contributed by atoms with Crippen molar-refractivity contribution in [2.75, 3.05) is 0 Å². The molecule has 0 bridgehead atoms. The van der Waals surface area contributed by atoms with Crippen LogP contribution in [0.3, 0.4) is 0 Å². The van der Waals surface area contributed by atoms with Gasteiger partial charge in [0, 0.05) is 28.3 Å². The van der Waals surface area contributed by atoms with Crippen LogP contribution in [0.4, 0.5) is 5.69 Å². The highest BCUT2D eigenvalue weighted by Gasteiger charge is 2.31. The second-order valence-corrected chi connectivity index (χ2v) is 7.90. The molecule has 0 saturated carbocycles. The molecule has 0 radical (unpaired) electrons. The molecule has 9 heteroatoms. The number of non-ortho nitro benzene ring substituents is 1. The minimum atomic E-state index is -4.84. The number of nitro groups is 1. The zero-order chi connectivity index (χ0) is 17.9. The molecule has 24 heavy (non-hydrogen) atoms. The Bertz CT molecular complexity index is 789. The van der Waals surface area contributed by atoms with E-state index in [2.05, 4.69) is 0 Å². The summed E-state index contributed by atoms with van der Waals surface area (Å²) in [6.07, 6.45) is 0. The molecule has 0 aromatic heterocycles. The number of nitro benzene ring substituents is 1. The highest BCUT2D eigenvalue weighted by atomic mass is 32.2. The minimum absolute atomic E-state index is 0.144. The highest BCUT2D eigenvalue weighted by Crippen LogP contribution is 2.52. The Kier molecular flexibility index (Phi) is 5.79. The van der Waals surface area contributed by atoms with E-state index in [1.807, 2.05) is 31.2 Å². The topological polar surface area (TPSA) is 121 Å². The normalized spacial score (nSPS) is 12.8. The number of thioether (sulfide) groups is 1. The summed E-state index contributed by atoms with van der Waals surface area (Å²) in [5.74, 6) is -1.60. The largest absolute Gasteiger partial charge is 0.376 e. The lowest BCUT2D eigenvalue weighted by Crippen LogP contribution is -2.02. The molecule has 2 rings (SSSR count). The van der Waals surface area contributed by atoms with E-state index >= 15 is 0 Å². The smallest absolute Gasteiger partial charge is 0.358 e. The first-order valence-corrected chi connectivity index (χ1v) is 9.55. The number of hydrogen-bond acceptors (Lipinski definition) is 5. The lowest BCUT2D eigenvalue weighted by molar-refractivity contribution is -0.385. The molecular weight excluding hydrogens is 353 g/mol. The van der Waals surface area contributed by atoms with Gasteiger partial charge in [-0.25, -0.2) is 0 Å². The summed E-state index contributed by atoms with van der Waals surface area (Å²) in [4.78, 5) is 29.0. The second-order valence-electron chi connectivity index (χ2n) is 5.22. The van der Waals surface area contributed by atoms with Crippen LogP contribution in [0.5, 0.6) is 0 Å². The third-order valence-corrected chi connectivity index (χ3v) is 5.39. The average molecular weight is 369 g/mol. The average Bonchev–Trinajstić information content (AvgIpc) is 2.52. The Labute approximate surface area is 142 Å². The maximum Gasteiger partial charge on any atom is 0.358 e. The lowest BCUT2D eigenvalue weighted by atomic mass is 10.2. The molecule has 7 nitrogen and oxygen atoms in total. The van der Waals surface area contributed by atoms with E-state index in [4.69, 9.17) is 0 Å². The molecule has 0 amide bonds. The summed E-state index contributed by atoms with van der Waals surface area (Å²) in [5, 5.41) is 20.7. The molecule has 2 aromatic rings. The highest BCUT2D eigenvalue weighted by molar-refractivity contribution is 7.98. The molecular formula is C15H16NO6PS. The number of aryl methyl sites for hydroxylation is 1. The molecule has 128 valence electrons. The number of aliphatic hydroxyl groups excluding tert-OH is 1. The van der Waals surface area contributed by atoms with E-state index in [0.29, 0.717) is 10.6 Å². The van der Waals surface area contributed by atoms with E-state index < -0.39 is 18.4 Å². The van der Waals surface area contributed by atoms with Crippen molar-refractivity contribution in [1.82, 2.24) is 0 Å². The van der Waals surface area contributed by atoms with Gasteiger partial charge in [0.25, 0.3) is 5.69 Å². The van der Waals surface area contributed by atoms with Gasteiger partial charge in [0.1, 0.15) is 0 Å². The van der Waals surface area contributed by atoms with Crippen LogP contribution in [0.15, 0.2) is 47.4 Å². The van der Waals surface area contributed by atoms with Gasteiger partial charge in [-0.3, -0.25) is 14.7 Å². The van der Waals surface area contributed by atoms with E-state index in [9.17, 15) is 29.6 Å². The Morgan fingerprint density at radius 2 is 1.83 bits per heavy atom. The van der Waals surface area contributed by atoms with Gasteiger partial charge in [-0.1, -0.05) is 29.8 Å². The Morgan fingerprint density at radius 3 is 2.38 bits per heavy atom. The predicted octanol–water partition coefficient (Wildman–Crippen LogP) is 3.36. The molecule has 0 aliphatic rings. The number of benzene rings is 2. The van der Waals surface area contributed by atoms with Crippen LogP contribution in [0, 0.1) is 17.0 Å². The molecule has 0 aliphatic carbocycles. The molecule has 0 saturated heterocycles. The lowest BCUT2D eigenvalue weighted by Gasteiger charge is -2.16. The van der Waals surface area contributed by atoms with E-state index in [0.717, 1.165) is 17.2 Å². The summed E-state index contributed by atoms with van der Waals surface area (Å²) in [5.41, 5.74) is 1.61. The summed E-state index contributed by atoms with van der Waals surface area (Å²) >= 11 is 1.24. The van der Waals surface area contributed by atoms with Gasteiger partial charge in [-0.2, -0.15) is 0 Å². The summed E-state index contributed by atoms with van der Waals surface area (Å²) in [6.45, 7) is 1.96. The zero-order valence-corrected chi connectivity index (χ0v) is 14.4. The van der Waals surface area contributed by atoms with Gasteiger partial charge in [0.15, 0.2) is 5.85 Å². The van der Waals surface area contributed by atoms with Crippen LogP contribution in [-0.2, 0) is 10.3 Å². The fraction of sp³-hybridized carbons (Fsp3) is 0.200. The van der Waals surface area contributed by atoms with Gasteiger partial charge in [-0.15, -0.1) is 11.8 Å². The monoisotopic (exact) mass is 369 g/mol. The van der Waals surface area contributed by atoms with Crippen molar-refractivity contribution in [3.05, 3.63) is 69.3 Å². The van der Waals surface area contributed by atoms with E-state index in [1.165, 1.54) is 23.9 Å². The zero-order valence-electron chi connectivity index (χ0n) is 12.7. The van der Waals surface area contributed by atoms with Crippen LogP contribution in [0.2, 0.25) is 0 Å². The molecule has 3 N–H and O–H groups in total. The number of hydrogen-bond donors (Lipinski definition) is 3. The molecule has 0 spiro atoms. The van der Waals surface area contributed by atoms with Crippen molar-refractivity contribution in [3.8, 4) is 0 Å². The fourth-order valence-corrected chi connectivity index (χ4v) is 3.69. The summed E-state index contributed by atoms with van der Waals surface area (Å²) in [7, 11) is -4.84. The Hall–Kier alpha value is -1.70. The first-order valence-electron chi connectivity index (χ1n) is 6.88. The van der Waals surface area contributed by atoms with Crippen LogP contribution < -0.4 is 0 Å². The van der Waals surface area contributed by atoms with Crippen molar-refractivity contribution in [1.29, 1.82) is 0 Å². The summed E-state index contributed by atoms with van der Waals surface area (Å²) < 4.78 is 11.3. The van der Waals surface area contributed by atoms with Gasteiger partial charge in [-0.05, 0) is 18.6 Å². The quantitative estimate of drug-likeness (QED) is 0.309. The van der Waals surface area contributed by atoms with Gasteiger partial charge in [0.2, 0.25) is 0 Å². The van der Waals surface area contributed by atoms with Crippen LogP contribution in [0.1, 0.15) is 22.5 Å². The predicted molar refractivity (Wildman–Crippen MR) is 90.8 cm³/mol. The third kappa shape index (κ3) is 4.66. The molecule has 1 atom stereocenters. The SMILES string of the molecule is Cc1ccc(CSc2ccc([N+](=O)[O-])cc2C(O)P(=O)(O)O)cc1. The van der Waals surface area contributed by atoms with Crippen molar-refractivity contribution in [2.45, 2.75) is 23.4 Å². The maximum absolute atomic E-state index is 11.3. The standard InChI is InChI=1S/C15H16NO6PS/c1-10-2-4-11(5-3-10)9-24-14-7-6-12(16(18)19)8-13(14)15(17)23(20,21)22/h2-8,15,17H,9H2,1H3,(H2,20,21,22). The van der Waals surface area contributed by atoms with E-state index in [-0.39, 0.29) is 11.3 Å². The van der Waals surface area contributed by atoms with Gasteiger partial charge in [0.05, 0.1) is 4.92 Å². The Morgan fingerprint density at radius 1 is 1.21 bits per heavy atom. The van der Waals surface area contributed by atoms with Crippen molar-refractivity contribution in [2.24, 2.45) is 0 Å². The maximum atomic E-state index is 11.3. The van der Waals surface area contributed by atoms with Crippen LogP contribution in [0.25, 0.3) is 0 Å². The van der Waals surface area contributed by atoms with Crippen molar-refractivity contribution < 1.29 is 24.4 Å². The van der Waals surface area contributed by atoms with E-state index in [1.54, 1.807) is 0 Å². The van der Waals surface area contributed by atoms with Crippen LogP contribution >= 0.6 is 19.4 Å². The number of aliphatic hydroxyl groups is 1. The second kappa shape index (κ2) is 7.46. The first kappa shape index (κ1) is 18.6. The van der Waals surface area contributed by atoms with Gasteiger partial charge >= 0.3 is 7.60 Å². The molecule has 2 aromatic carbocycles. The number of nitrogens with zero attached hydrogens (tertiary/aromatic N) is 1. The van der Waals surface area contributed by atoms with Crippen molar-refractivity contribution in [3.63, 3.8) is 0 Å². The molecule has 0 heterocycles. The molecule has 1 unspecified atom stereocenters.